The average Bonchev–Trinajstić information content (AvgIpc) is 2.93. The Labute approximate surface area is 119 Å². The number of ether oxygens (including phenoxy) is 1. The number of carbonyl (C=O) groups is 1. The zero-order valence-corrected chi connectivity index (χ0v) is 11.6. The van der Waals surface area contributed by atoms with Crippen LogP contribution in [0, 0.1) is 0 Å². The first-order valence-corrected chi connectivity index (χ1v) is 6.82. The van der Waals surface area contributed by atoms with Crippen LogP contribution in [0.3, 0.4) is 0 Å². The van der Waals surface area contributed by atoms with Crippen LogP contribution in [-0.2, 0) is 6.54 Å². The third-order valence-electron chi connectivity index (χ3n) is 2.68. The van der Waals surface area contributed by atoms with Crippen molar-refractivity contribution >= 4 is 17.2 Å². The van der Waals surface area contributed by atoms with Crippen LogP contribution in [0.1, 0.15) is 15.9 Å². The van der Waals surface area contributed by atoms with E-state index < -0.39 is 6.61 Å². The van der Waals surface area contributed by atoms with Gasteiger partial charge < -0.3 is 9.64 Å². The Bertz CT molecular complexity index is 555. The fraction of sp³-hybridized carbons (Fsp3) is 0.214. The number of benzene rings is 1. The van der Waals surface area contributed by atoms with Crippen molar-refractivity contribution < 1.29 is 18.3 Å². The smallest absolute Gasteiger partial charge is 0.387 e. The fourth-order valence-electron chi connectivity index (χ4n) is 1.73. The molecule has 0 saturated heterocycles. The minimum Gasteiger partial charge on any atom is -0.435 e. The Morgan fingerprint density at radius 3 is 2.55 bits per heavy atom. The van der Waals surface area contributed by atoms with Crippen LogP contribution >= 0.6 is 11.3 Å². The molecule has 1 aromatic carbocycles. The number of halogens is 2. The zero-order valence-electron chi connectivity index (χ0n) is 10.8. The molecule has 0 N–H and O–H groups in total. The van der Waals surface area contributed by atoms with E-state index in [0.29, 0.717) is 12.1 Å². The van der Waals surface area contributed by atoms with Crippen molar-refractivity contribution in [2.24, 2.45) is 0 Å². The third kappa shape index (κ3) is 3.77. The van der Waals surface area contributed by atoms with Gasteiger partial charge in [-0.15, -0.1) is 0 Å². The normalized spacial score (nSPS) is 10.6. The number of rotatable bonds is 5. The standard InChI is InChI=1S/C14H13F2NO2S/c1-17(13(18)11-6-7-20-9-11)8-10-2-4-12(5-3-10)19-14(15)16/h2-7,9,14H,8H2,1H3. The molecule has 2 aromatic rings. The van der Waals surface area contributed by atoms with Gasteiger partial charge in [0, 0.05) is 19.0 Å². The summed E-state index contributed by atoms with van der Waals surface area (Å²) in [4.78, 5) is 13.6. The minimum atomic E-state index is -2.83. The van der Waals surface area contributed by atoms with E-state index in [0.717, 1.165) is 5.56 Å². The lowest BCUT2D eigenvalue weighted by molar-refractivity contribution is -0.0498. The molecule has 2 rings (SSSR count). The van der Waals surface area contributed by atoms with Gasteiger partial charge in [0.05, 0.1) is 5.56 Å². The van der Waals surface area contributed by atoms with Gasteiger partial charge in [-0.2, -0.15) is 20.1 Å². The molecule has 0 aliphatic heterocycles. The summed E-state index contributed by atoms with van der Waals surface area (Å²) in [6, 6.07) is 8.02. The highest BCUT2D eigenvalue weighted by Gasteiger charge is 2.12. The van der Waals surface area contributed by atoms with E-state index in [2.05, 4.69) is 4.74 Å². The van der Waals surface area contributed by atoms with Crippen molar-refractivity contribution in [2.45, 2.75) is 13.2 Å². The van der Waals surface area contributed by atoms with E-state index in [4.69, 9.17) is 0 Å². The predicted molar refractivity (Wildman–Crippen MR) is 73.2 cm³/mol. The summed E-state index contributed by atoms with van der Waals surface area (Å²) in [5, 5.41) is 3.63. The molecule has 0 radical (unpaired) electrons. The molecule has 0 aliphatic rings. The maximum atomic E-state index is 12.0. The predicted octanol–water partition coefficient (Wildman–Crippen LogP) is 3.62. The molecule has 6 heteroatoms. The molecule has 0 aliphatic carbocycles. The average molecular weight is 297 g/mol. The Kier molecular flexibility index (Phi) is 4.68. The van der Waals surface area contributed by atoms with Gasteiger partial charge in [0.1, 0.15) is 5.75 Å². The van der Waals surface area contributed by atoms with Gasteiger partial charge in [-0.05, 0) is 29.1 Å². The Hall–Kier alpha value is -1.95. The fourth-order valence-corrected chi connectivity index (χ4v) is 2.36. The lowest BCUT2D eigenvalue weighted by Crippen LogP contribution is -2.25. The van der Waals surface area contributed by atoms with Crippen LogP contribution in [0.4, 0.5) is 8.78 Å². The van der Waals surface area contributed by atoms with Crippen molar-refractivity contribution in [2.75, 3.05) is 7.05 Å². The molecule has 0 fully saturated rings. The van der Waals surface area contributed by atoms with Gasteiger partial charge in [0.2, 0.25) is 0 Å². The molecule has 0 saturated carbocycles. The van der Waals surface area contributed by atoms with Gasteiger partial charge >= 0.3 is 6.61 Å². The molecule has 1 heterocycles. The molecular formula is C14H13F2NO2S. The third-order valence-corrected chi connectivity index (χ3v) is 3.37. The van der Waals surface area contributed by atoms with Crippen molar-refractivity contribution in [3.63, 3.8) is 0 Å². The minimum absolute atomic E-state index is 0.0702. The summed E-state index contributed by atoms with van der Waals surface area (Å²) in [6.45, 7) is -2.42. The van der Waals surface area contributed by atoms with Crippen LogP contribution in [-0.4, -0.2) is 24.5 Å². The van der Waals surface area contributed by atoms with E-state index in [9.17, 15) is 13.6 Å². The number of amides is 1. The maximum absolute atomic E-state index is 12.0. The summed E-state index contributed by atoms with van der Waals surface area (Å²) in [5.74, 6) is 0.0368. The molecular weight excluding hydrogens is 284 g/mol. The quantitative estimate of drug-likeness (QED) is 0.843. The monoisotopic (exact) mass is 297 g/mol. The Morgan fingerprint density at radius 2 is 2.00 bits per heavy atom. The second kappa shape index (κ2) is 6.47. The van der Waals surface area contributed by atoms with Crippen LogP contribution in [0.15, 0.2) is 41.1 Å². The van der Waals surface area contributed by atoms with Crippen molar-refractivity contribution in [3.8, 4) is 5.75 Å². The number of hydrogen-bond acceptors (Lipinski definition) is 3. The van der Waals surface area contributed by atoms with Gasteiger partial charge in [-0.25, -0.2) is 0 Å². The molecule has 1 aromatic heterocycles. The van der Waals surface area contributed by atoms with Gasteiger partial charge in [-0.3, -0.25) is 4.79 Å². The highest BCUT2D eigenvalue weighted by Crippen LogP contribution is 2.16. The lowest BCUT2D eigenvalue weighted by Gasteiger charge is -2.16. The highest BCUT2D eigenvalue weighted by molar-refractivity contribution is 7.08. The molecule has 0 bridgehead atoms. The summed E-state index contributed by atoms with van der Waals surface area (Å²) < 4.78 is 28.3. The highest BCUT2D eigenvalue weighted by atomic mass is 32.1. The molecule has 0 unspecified atom stereocenters. The van der Waals surface area contributed by atoms with Crippen molar-refractivity contribution in [3.05, 3.63) is 52.2 Å². The second-order valence-corrected chi connectivity index (χ2v) is 4.98. The van der Waals surface area contributed by atoms with Crippen LogP contribution in [0.2, 0.25) is 0 Å². The summed E-state index contributed by atoms with van der Waals surface area (Å²) in [7, 11) is 1.70. The Morgan fingerprint density at radius 1 is 1.30 bits per heavy atom. The zero-order chi connectivity index (χ0) is 14.5. The molecule has 0 atom stereocenters. The largest absolute Gasteiger partial charge is 0.435 e. The molecule has 3 nitrogen and oxygen atoms in total. The van der Waals surface area contributed by atoms with E-state index in [1.807, 2.05) is 5.38 Å². The summed E-state index contributed by atoms with van der Waals surface area (Å²) in [5.41, 5.74) is 1.49. The van der Waals surface area contributed by atoms with Crippen molar-refractivity contribution in [1.82, 2.24) is 4.90 Å². The SMILES string of the molecule is CN(Cc1ccc(OC(F)F)cc1)C(=O)c1ccsc1. The summed E-state index contributed by atoms with van der Waals surface area (Å²) in [6.07, 6.45) is 0. The first-order chi connectivity index (χ1) is 9.56. The van der Waals surface area contributed by atoms with E-state index in [1.54, 1.807) is 35.5 Å². The van der Waals surface area contributed by atoms with Gasteiger partial charge in [-0.1, -0.05) is 12.1 Å². The Balaban J connectivity index is 1.97. The number of carbonyl (C=O) groups excluding carboxylic acids is 1. The number of thiophene rings is 1. The number of alkyl halides is 2. The van der Waals surface area contributed by atoms with Crippen LogP contribution in [0.25, 0.3) is 0 Å². The number of hydrogen-bond donors (Lipinski definition) is 0. The molecule has 1 amide bonds. The molecule has 106 valence electrons. The van der Waals surface area contributed by atoms with Crippen LogP contribution < -0.4 is 4.74 Å². The lowest BCUT2D eigenvalue weighted by atomic mass is 10.2. The van der Waals surface area contributed by atoms with E-state index >= 15 is 0 Å². The summed E-state index contributed by atoms with van der Waals surface area (Å²) >= 11 is 1.46. The maximum Gasteiger partial charge on any atom is 0.387 e. The second-order valence-electron chi connectivity index (χ2n) is 4.20. The van der Waals surface area contributed by atoms with Crippen molar-refractivity contribution in [1.29, 1.82) is 0 Å². The first-order valence-electron chi connectivity index (χ1n) is 5.87. The molecule has 20 heavy (non-hydrogen) atoms. The van der Waals surface area contributed by atoms with E-state index in [-0.39, 0.29) is 11.7 Å². The topological polar surface area (TPSA) is 29.5 Å². The first kappa shape index (κ1) is 14.5. The van der Waals surface area contributed by atoms with Gasteiger partial charge in [0.25, 0.3) is 5.91 Å². The van der Waals surface area contributed by atoms with Crippen LogP contribution in [0.5, 0.6) is 5.75 Å². The number of nitrogens with zero attached hydrogens (tertiary/aromatic N) is 1. The van der Waals surface area contributed by atoms with Gasteiger partial charge in [0.15, 0.2) is 0 Å². The van der Waals surface area contributed by atoms with E-state index in [1.165, 1.54) is 23.5 Å². The molecule has 0 spiro atoms.